The van der Waals surface area contributed by atoms with Crippen molar-refractivity contribution in [3.05, 3.63) is 70.6 Å². The predicted octanol–water partition coefficient (Wildman–Crippen LogP) is 0.427. The number of ether oxygens (including phenoxy) is 1. The van der Waals surface area contributed by atoms with E-state index in [9.17, 15) is 19.3 Å². The molecule has 0 fully saturated rings. The van der Waals surface area contributed by atoms with Crippen LogP contribution >= 0.6 is 0 Å². The summed E-state index contributed by atoms with van der Waals surface area (Å²) in [7, 11) is 1.18. The first-order valence-electron chi connectivity index (χ1n) is 8.60. The van der Waals surface area contributed by atoms with Crippen LogP contribution in [0.2, 0.25) is 0 Å². The number of nitrogens with zero attached hydrogens (tertiary/aromatic N) is 3. The second-order valence-corrected chi connectivity index (χ2v) is 5.97. The monoisotopic (exact) mass is 409 g/mol. The van der Waals surface area contributed by atoms with Crippen molar-refractivity contribution in [3.8, 4) is 17.6 Å². The van der Waals surface area contributed by atoms with Crippen molar-refractivity contribution in [2.24, 2.45) is 16.9 Å². The molecule has 1 atom stereocenters. The van der Waals surface area contributed by atoms with Gasteiger partial charge in [0.15, 0.2) is 6.04 Å². The van der Waals surface area contributed by atoms with Crippen LogP contribution in [0.15, 0.2) is 59.9 Å². The minimum atomic E-state index is -1.79. The summed E-state index contributed by atoms with van der Waals surface area (Å²) >= 11 is 0. The molecule has 2 rings (SSSR count). The number of hydrogen-bond donors (Lipinski definition) is 2. The van der Waals surface area contributed by atoms with Crippen LogP contribution in [0.1, 0.15) is 15.9 Å². The Morgan fingerprint density at radius 2 is 1.73 bits per heavy atom. The van der Waals surface area contributed by atoms with Crippen molar-refractivity contribution in [1.29, 1.82) is 0 Å². The fraction of sp³-hybridized carbons (Fsp3) is 0.150. The highest BCUT2D eigenvalue weighted by atomic mass is 16.5. The molecule has 0 heterocycles. The van der Waals surface area contributed by atoms with E-state index in [4.69, 9.17) is 16.3 Å². The number of carbonyl (C=O) groups is 3. The summed E-state index contributed by atoms with van der Waals surface area (Å²) in [6, 6.07) is 13.6. The second-order valence-electron chi connectivity index (χ2n) is 5.97. The van der Waals surface area contributed by atoms with Gasteiger partial charge in [-0.25, -0.2) is 5.84 Å². The second kappa shape index (κ2) is 10.4. The van der Waals surface area contributed by atoms with Gasteiger partial charge in [-0.05, 0) is 36.4 Å². The molecule has 4 N–H and O–H groups in total. The largest absolute Gasteiger partial charge is 0.481 e. The van der Waals surface area contributed by atoms with E-state index < -0.39 is 23.8 Å². The first-order valence-corrected chi connectivity index (χ1v) is 8.60. The molecule has 2 aromatic carbocycles. The van der Waals surface area contributed by atoms with Gasteiger partial charge in [0, 0.05) is 18.2 Å². The zero-order valence-electron chi connectivity index (χ0n) is 16.0. The Bertz CT molecular complexity index is 982. The normalized spacial score (nSPS) is 10.7. The molecule has 0 radical (unpaired) electrons. The summed E-state index contributed by atoms with van der Waals surface area (Å²) in [6.45, 7) is 0.144. The van der Waals surface area contributed by atoms with Gasteiger partial charge in [0.25, 0.3) is 11.8 Å². The molecule has 0 aliphatic rings. The van der Waals surface area contributed by atoms with E-state index in [1.54, 1.807) is 0 Å². The zero-order valence-corrected chi connectivity index (χ0v) is 16.0. The third-order valence-electron chi connectivity index (χ3n) is 3.94. The molecule has 0 aromatic heterocycles. The summed E-state index contributed by atoms with van der Waals surface area (Å²) in [5.41, 5.74) is 6.19. The SMILES string of the molecule is CN(C(=O)c1ccc(OCC#Cc2ccccc2)cc1)C(C(N)=O)C(=O)N(N)N=O. The van der Waals surface area contributed by atoms with Crippen molar-refractivity contribution in [2.75, 3.05) is 13.7 Å². The van der Waals surface area contributed by atoms with Crippen LogP contribution in [0.5, 0.6) is 5.75 Å². The van der Waals surface area contributed by atoms with Crippen LogP contribution in [0.4, 0.5) is 0 Å². The van der Waals surface area contributed by atoms with Crippen molar-refractivity contribution in [3.63, 3.8) is 0 Å². The summed E-state index contributed by atoms with van der Waals surface area (Å²) in [4.78, 5) is 47.3. The van der Waals surface area contributed by atoms with Gasteiger partial charge in [-0.1, -0.05) is 30.0 Å². The van der Waals surface area contributed by atoms with Gasteiger partial charge in [0.2, 0.25) is 5.91 Å². The van der Waals surface area contributed by atoms with Crippen LogP contribution in [-0.4, -0.2) is 47.4 Å². The Morgan fingerprint density at radius 1 is 1.10 bits per heavy atom. The maximum Gasteiger partial charge on any atom is 0.292 e. The molecule has 2 aromatic rings. The predicted molar refractivity (Wildman–Crippen MR) is 107 cm³/mol. The minimum absolute atomic E-state index is 0.0906. The maximum absolute atomic E-state index is 12.6. The zero-order chi connectivity index (χ0) is 22.1. The van der Waals surface area contributed by atoms with Gasteiger partial charge in [-0.2, -0.15) is 0 Å². The number of amides is 3. The molecule has 0 aliphatic carbocycles. The van der Waals surface area contributed by atoms with E-state index >= 15 is 0 Å². The molecule has 1 unspecified atom stereocenters. The third-order valence-corrected chi connectivity index (χ3v) is 3.94. The summed E-state index contributed by atoms with van der Waals surface area (Å²) in [5.74, 6) is 8.29. The summed E-state index contributed by atoms with van der Waals surface area (Å²) < 4.78 is 5.50. The van der Waals surface area contributed by atoms with Crippen molar-refractivity contribution in [2.45, 2.75) is 6.04 Å². The molecule has 0 saturated carbocycles. The molecule has 0 aliphatic heterocycles. The molecule has 10 nitrogen and oxygen atoms in total. The highest BCUT2D eigenvalue weighted by Gasteiger charge is 2.35. The number of hydrazine groups is 1. The van der Waals surface area contributed by atoms with E-state index in [0.29, 0.717) is 5.75 Å². The molecular formula is C20H19N5O5. The van der Waals surface area contributed by atoms with Gasteiger partial charge in [-0.3, -0.25) is 14.4 Å². The fourth-order valence-electron chi connectivity index (χ4n) is 2.44. The van der Waals surface area contributed by atoms with Crippen molar-refractivity contribution in [1.82, 2.24) is 10.0 Å². The number of likely N-dealkylation sites (N-methyl/N-ethyl adjacent to an activating group) is 1. The number of nitrogens with two attached hydrogens (primary N) is 2. The van der Waals surface area contributed by atoms with Crippen LogP contribution in [0.25, 0.3) is 0 Å². The van der Waals surface area contributed by atoms with Crippen molar-refractivity contribution >= 4 is 17.7 Å². The lowest BCUT2D eigenvalue weighted by molar-refractivity contribution is -0.141. The molecule has 0 saturated heterocycles. The Balaban J connectivity index is 2.03. The third kappa shape index (κ3) is 5.63. The quantitative estimate of drug-likeness (QED) is 0.169. The number of primary amides is 1. The summed E-state index contributed by atoms with van der Waals surface area (Å²) in [5, 5.41) is 2.12. The smallest absolute Gasteiger partial charge is 0.292 e. The molecule has 0 bridgehead atoms. The lowest BCUT2D eigenvalue weighted by Gasteiger charge is -2.25. The number of carbonyl (C=O) groups excluding carboxylic acids is 3. The number of nitroso groups, excluding NO2 is 1. The Morgan fingerprint density at radius 3 is 2.30 bits per heavy atom. The number of benzene rings is 2. The van der Waals surface area contributed by atoms with Gasteiger partial charge in [-0.15, -0.1) is 10.0 Å². The highest BCUT2D eigenvalue weighted by molar-refractivity contribution is 6.08. The number of hydrogen-bond acceptors (Lipinski definition) is 7. The van der Waals surface area contributed by atoms with Gasteiger partial charge in [0.05, 0.1) is 5.29 Å². The molecule has 10 heteroatoms. The molecule has 154 valence electrons. The van der Waals surface area contributed by atoms with Gasteiger partial charge < -0.3 is 15.4 Å². The Labute approximate surface area is 172 Å². The van der Waals surface area contributed by atoms with E-state index in [-0.39, 0.29) is 17.3 Å². The standard InChI is InChI=1S/C20H19N5O5/c1-24(17(18(21)26)20(28)25(22)23-29)19(27)15-9-11-16(12-10-15)30-13-5-8-14-6-3-2-4-7-14/h2-4,6-7,9-12,17H,13,22H2,1H3,(H2,21,26). The lowest BCUT2D eigenvalue weighted by Crippen LogP contribution is -2.56. The van der Waals surface area contributed by atoms with Crippen molar-refractivity contribution < 1.29 is 19.1 Å². The highest BCUT2D eigenvalue weighted by Crippen LogP contribution is 2.15. The minimum Gasteiger partial charge on any atom is -0.481 e. The number of rotatable bonds is 7. The maximum atomic E-state index is 12.6. The van der Waals surface area contributed by atoms with Crippen LogP contribution in [0.3, 0.4) is 0 Å². The van der Waals surface area contributed by atoms with E-state index in [2.05, 4.69) is 17.1 Å². The lowest BCUT2D eigenvalue weighted by atomic mass is 10.1. The topological polar surface area (TPSA) is 148 Å². The fourth-order valence-corrected chi connectivity index (χ4v) is 2.44. The molecule has 3 amide bonds. The molecule has 0 spiro atoms. The van der Waals surface area contributed by atoms with E-state index in [1.165, 1.54) is 31.3 Å². The van der Waals surface area contributed by atoms with Crippen LogP contribution < -0.4 is 16.3 Å². The molecular weight excluding hydrogens is 390 g/mol. The first-order chi connectivity index (χ1) is 14.3. The van der Waals surface area contributed by atoms with E-state index in [0.717, 1.165) is 10.5 Å². The van der Waals surface area contributed by atoms with Crippen LogP contribution in [-0.2, 0) is 9.59 Å². The average Bonchev–Trinajstić information content (AvgIpc) is 2.76. The molecule has 30 heavy (non-hydrogen) atoms. The van der Waals surface area contributed by atoms with Gasteiger partial charge in [0.1, 0.15) is 12.4 Å². The first kappa shape index (κ1) is 22.1. The van der Waals surface area contributed by atoms with E-state index in [1.807, 2.05) is 30.3 Å². The van der Waals surface area contributed by atoms with Gasteiger partial charge >= 0.3 is 0 Å². The Kier molecular flexibility index (Phi) is 7.61. The Hall–Kier alpha value is -4.23. The van der Waals surface area contributed by atoms with Crippen LogP contribution in [0, 0.1) is 16.7 Å². The summed E-state index contributed by atoms with van der Waals surface area (Å²) in [6.07, 6.45) is 0. The average molecular weight is 409 g/mol.